The predicted molar refractivity (Wildman–Crippen MR) is 71.5 cm³/mol. The lowest BCUT2D eigenvalue weighted by atomic mass is 10.2. The smallest absolute Gasteiger partial charge is 0.326 e. The van der Waals surface area contributed by atoms with Crippen LogP contribution in [0.15, 0.2) is 16.5 Å². The third-order valence-electron chi connectivity index (χ3n) is 2.37. The molecule has 1 heterocycles. The summed E-state index contributed by atoms with van der Waals surface area (Å²) in [6, 6.07) is 1.74. The standard InChI is InChI=1S/C12H15NO6S/c1-18-10(14)5-8(12(16)17)13-11(15)9-4-3-7(19-9)6-20-2/h3-4,8H,5-6H2,1-2H3,(H,13,15)(H,16,17)/t8-/m0/s1. The predicted octanol–water partition coefficient (Wildman–Crippen LogP) is 0.889. The SMILES string of the molecule is COC(=O)C[C@H](NC(=O)c1ccc(CSC)o1)C(=O)O. The van der Waals surface area contributed by atoms with Crippen LogP contribution < -0.4 is 5.32 Å². The average Bonchev–Trinajstić information content (AvgIpc) is 2.86. The van der Waals surface area contributed by atoms with Crippen LogP contribution in [0.3, 0.4) is 0 Å². The molecule has 1 amide bonds. The fraction of sp³-hybridized carbons (Fsp3) is 0.417. The summed E-state index contributed by atoms with van der Waals surface area (Å²) in [5.41, 5.74) is 0. The van der Waals surface area contributed by atoms with Crippen molar-refractivity contribution in [2.75, 3.05) is 13.4 Å². The van der Waals surface area contributed by atoms with E-state index in [1.54, 1.807) is 6.07 Å². The molecule has 8 heteroatoms. The van der Waals surface area contributed by atoms with E-state index in [9.17, 15) is 14.4 Å². The van der Waals surface area contributed by atoms with Crippen molar-refractivity contribution in [1.82, 2.24) is 5.32 Å². The molecule has 0 unspecified atom stereocenters. The van der Waals surface area contributed by atoms with E-state index in [0.717, 1.165) is 7.11 Å². The second-order valence-corrected chi connectivity index (χ2v) is 4.71. The average molecular weight is 301 g/mol. The van der Waals surface area contributed by atoms with Crippen molar-refractivity contribution in [3.63, 3.8) is 0 Å². The minimum atomic E-state index is -1.36. The fourth-order valence-corrected chi connectivity index (χ4v) is 1.84. The normalized spacial score (nSPS) is 11.7. The van der Waals surface area contributed by atoms with Gasteiger partial charge in [0.1, 0.15) is 11.8 Å². The van der Waals surface area contributed by atoms with Gasteiger partial charge in [-0.05, 0) is 18.4 Å². The fourth-order valence-electron chi connectivity index (χ4n) is 1.40. The molecular weight excluding hydrogens is 286 g/mol. The van der Waals surface area contributed by atoms with E-state index < -0.39 is 30.3 Å². The Balaban J connectivity index is 2.69. The molecule has 7 nitrogen and oxygen atoms in total. The van der Waals surface area contributed by atoms with E-state index in [4.69, 9.17) is 9.52 Å². The van der Waals surface area contributed by atoms with Gasteiger partial charge in [-0.2, -0.15) is 11.8 Å². The molecule has 2 N–H and O–H groups in total. The van der Waals surface area contributed by atoms with E-state index in [1.165, 1.54) is 17.8 Å². The van der Waals surface area contributed by atoms with Gasteiger partial charge in [-0.3, -0.25) is 9.59 Å². The van der Waals surface area contributed by atoms with Gasteiger partial charge in [0, 0.05) is 0 Å². The van der Waals surface area contributed by atoms with E-state index in [-0.39, 0.29) is 5.76 Å². The Morgan fingerprint density at radius 1 is 1.45 bits per heavy atom. The largest absolute Gasteiger partial charge is 0.480 e. The number of rotatable bonds is 7. The molecule has 1 aromatic heterocycles. The number of nitrogens with one attached hydrogen (secondary N) is 1. The number of carboxylic acid groups (broad SMARTS) is 1. The molecule has 0 fully saturated rings. The Kier molecular flexibility index (Phi) is 6.10. The first-order chi connectivity index (χ1) is 9.47. The van der Waals surface area contributed by atoms with Crippen LogP contribution in [0.4, 0.5) is 0 Å². The Morgan fingerprint density at radius 3 is 2.70 bits per heavy atom. The number of carboxylic acids is 1. The van der Waals surface area contributed by atoms with E-state index in [0.29, 0.717) is 11.5 Å². The van der Waals surface area contributed by atoms with E-state index in [2.05, 4.69) is 10.1 Å². The molecule has 0 bridgehead atoms. The number of furan rings is 1. The Bertz CT molecular complexity index is 498. The van der Waals surface area contributed by atoms with Gasteiger partial charge in [-0.25, -0.2) is 4.79 Å². The van der Waals surface area contributed by atoms with Crippen LogP contribution in [0.1, 0.15) is 22.7 Å². The molecular formula is C12H15NO6S. The van der Waals surface area contributed by atoms with Crippen molar-refractivity contribution in [3.05, 3.63) is 23.7 Å². The summed E-state index contributed by atoms with van der Waals surface area (Å²) in [7, 11) is 1.14. The quantitative estimate of drug-likeness (QED) is 0.720. The van der Waals surface area contributed by atoms with Crippen LogP contribution >= 0.6 is 11.8 Å². The molecule has 0 radical (unpaired) electrons. The molecule has 0 aliphatic carbocycles. The van der Waals surface area contributed by atoms with Gasteiger partial charge >= 0.3 is 11.9 Å². The Hall–Kier alpha value is -1.96. The number of aliphatic carboxylic acids is 1. The topological polar surface area (TPSA) is 106 Å². The molecule has 20 heavy (non-hydrogen) atoms. The minimum absolute atomic E-state index is 0.00478. The van der Waals surface area contributed by atoms with Gasteiger partial charge in [-0.1, -0.05) is 0 Å². The molecule has 0 spiro atoms. The van der Waals surface area contributed by atoms with Crippen molar-refractivity contribution in [2.45, 2.75) is 18.2 Å². The summed E-state index contributed by atoms with van der Waals surface area (Å²) in [6.07, 6.45) is 1.44. The molecule has 110 valence electrons. The number of thioether (sulfide) groups is 1. The third-order valence-corrected chi connectivity index (χ3v) is 2.95. The summed E-state index contributed by atoms with van der Waals surface area (Å²) < 4.78 is 9.63. The van der Waals surface area contributed by atoms with E-state index >= 15 is 0 Å². The maximum atomic E-state index is 11.8. The number of methoxy groups -OCH3 is 1. The first-order valence-electron chi connectivity index (χ1n) is 5.66. The minimum Gasteiger partial charge on any atom is -0.480 e. The lowest BCUT2D eigenvalue weighted by Crippen LogP contribution is -2.42. The first-order valence-corrected chi connectivity index (χ1v) is 7.05. The molecule has 0 saturated heterocycles. The van der Waals surface area contributed by atoms with Crippen molar-refractivity contribution >= 4 is 29.6 Å². The van der Waals surface area contributed by atoms with Crippen LogP contribution in [0, 0.1) is 0 Å². The number of hydrogen-bond acceptors (Lipinski definition) is 6. The number of ether oxygens (including phenoxy) is 1. The molecule has 1 rings (SSSR count). The highest BCUT2D eigenvalue weighted by Crippen LogP contribution is 2.13. The number of carbonyl (C=O) groups is 3. The van der Waals surface area contributed by atoms with Gasteiger partial charge < -0.3 is 19.6 Å². The Morgan fingerprint density at radius 2 is 2.15 bits per heavy atom. The molecule has 1 atom stereocenters. The molecule has 0 aliphatic rings. The van der Waals surface area contributed by atoms with Gasteiger partial charge in [0.15, 0.2) is 5.76 Å². The van der Waals surface area contributed by atoms with E-state index in [1.807, 2.05) is 6.26 Å². The lowest BCUT2D eigenvalue weighted by Gasteiger charge is -2.12. The second-order valence-electron chi connectivity index (χ2n) is 3.84. The highest BCUT2D eigenvalue weighted by Gasteiger charge is 2.25. The zero-order chi connectivity index (χ0) is 15.1. The summed E-state index contributed by atoms with van der Waals surface area (Å²) in [4.78, 5) is 33.9. The van der Waals surface area contributed by atoms with Gasteiger partial charge in [0.2, 0.25) is 0 Å². The number of carbonyl (C=O) groups excluding carboxylic acids is 2. The monoisotopic (exact) mass is 301 g/mol. The van der Waals surface area contributed by atoms with Gasteiger partial charge in [-0.15, -0.1) is 0 Å². The summed E-state index contributed by atoms with van der Waals surface area (Å²) >= 11 is 1.53. The number of esters is 1. The highest BCUT2D eigenvalue weighted by atomic mass is 32.2. The first kappa shape index (κ1) is 16.1. The molecule has 0 aliphatic heterocycles. The van der Waals surface area contributed by atoms with Crippen LogP contribution in [-0.2, 0) is 20.1 Å². The summed E-state index contributed by atoms with van der Waals surface area (Å²) in [5.74, 6) is -1.50. The maximum absolute atomic E-state index is 11.8. The zero-order valence-electron chi connectivity index (χ0n) is 11.0. The molecule has 0 aromatic carbocycles. The zero-order valence-corrected chi connectivity index (χ0v) is 11.9. The summed E-state index contributed by atoms with van der Waals surface area (Å²) in [6.45, 7) is 0. The van der Waals surface area contributed by atoms with Gasteiger partial charge in [0.05, 0.1) is 19.3 Å². The van der Waals surface area contributed by atoms with Crippen LogP contribution in [0.2, 0.25) is 0 Å². The van der Waals surface area contributed by atoms with Crippen molar-refractivity contribution in [1.29, 1.82) is 0 Å². The maximum Gasteiger partial charge on any atom is 0.326 e. The van der Waals surface area contributed by atoms with Crippen LogP contribution in [-0.4, -0.2) is 42.4 Å². The van der Waals surface area contributed by atoms with Crippen molar-refractivity contribution < 1.29 is 28.6 Å². The van der Waals surface area contributed by atoms with Crippen molar-refractivity contribution in [2.24, 2.45) is 0 Å². The van der Waals surface area contributed by atoms with Crippen LogP contribution in [0.25, 0.3) is 0 Å². The second kappa shape index (κ2) is 7.59. The van der Waals surface area contributed by atoms with Crippen molar-refractivity contribution in [3.8, 4) is 0 Å². The molecule has 0 saturated carbocycles. The van der Waals surface area contributed by atoms with Gasteiger partial charge in [0.25, 0.3) is 5.91 Å². The third kappa shape index (κ3) is 4.61. The Labute approximate surface area is 119 Å². The summed E-state index contributed by atoms with van der Waals surface area (Å²) in [5, 5.41) is 11.2. The lowest BCUT2D eigenvalue weighted by molar-refractivity contribution is -0.147. The number of amides is 1. The molecule has 1 aromatic rings. The highest BCUT2D eigenvalue weighted by molar-refractivity contribution is 7.97. The van der Waals surface area contributed by atoms with Crippen LogP contribution in [0.5, 0.6) is 0 Å². The number of hydrogen-bond donors (Lipinski definition) is 2.